The average molecular weight is 465 g/mol. The summed E-state index contributed by atoms with van der Waals surface area (Å²) in [6.07, 6.45) is 0.738. The topological polar surface area (TPSA) is 66.9 Å². The number of carbonyl (C=O) groups excluding carboxylic acids is 1. The highest BCUT2D eigenvalue weighted by Crippen LogP contribution is 2.35. The van der Waals surface area contributed by atoms with Crippen LogP contribution in [0.25, 0.3) is 0 Å². The Morgan fingerprint density at radius 1 is 1.03 bits per heavy atom. The number of nitrogens with zero attached hydrogens (tertiary/aromatic N) is 2. The number of ether oxygens (including phenoxy) is 1. The van der Waals surface area contributed by atoms with E-state index in [0.717, 1.165) is 23.2 Å². The van der Waals surface area contributed by atoms with Crippen LogP contribution in [0.15, 0.2) is 77.7 Å². The van der Waals surface area contributed by atoms with E-state index in [9.17, 15) is 13.2 Å². The second-order valence-corrected chi connectivity index (χ2v) is 10.0. The largest absolute Gasteiger partial charge is 0.492 e. The van der Waals surface area contributed by atoms with Crippen molar-refractivity contribution in [1.82, 2.24) is 0 Å². The first-order valence-corrected chi connectivity index (χ1v) is 12.5. The second kappa shape index (κ2) is 9.27. The Hall–Kier alpha value is -3.32. The van der Waals surface area contributed by atoms with Crippen molar-refractivity contribution in [2.45, 2.75) is 38.1 Å². The maximum atomic E-state index is 13.8. The lowest BCUT2D eigenvalue weighted by Crippen LogP contribution is -2.45. The number of amides is 1. The van der Waals surface area contributed by atoms with Gasteiger partial charge in [-0.1, -0.05) is 48.0 Å². The first-order chi connectivity index (χ1) is 15.8. The molecule has 0 aliphatic carbocycles. The van der Waals surface area contributed by atoms with Crippen LogP contribution in [0.2, 0.25) is 0 Å². The van der Waals surface area contributed by atoms with E-state index in [4.69, 9.17) is 4.74 Å². The molecule has 0 saturated carbocycles. The zero-order valence-corrected chi connectivity index (χ0v) is 19.9. The summed E-state index contributed by atoms with van der Waals surface area (Å²) in [7, 11) is -4.03. The van der Waals surface area contributed by atoms with Gasteiger partial charge in [0.15, 0.2) is 0 Å². The third-order valence-corrected chi connectivity index (χ3v) is 7.57. The molecule has 0 saturated heterocycles. The van der Waals surface area contributed by atoms with Crippen molar-refractivity contribution in [1.29, 1.82) is 0 Å². The third kappa shape index (κ3) is 4.46. The molecule has 0 fully saturated rings. The van der Waals surface area contributed by atoms with Crippen LogP contribution in [0, 0.1) is 6.92 Å². The number of rotatable bonds is 7. The van der Waals surface area contributed by atoms with Gasteiger partial charge >= 0.3 is 0 Å². The van der Waals surface area contributed by atoms with E-state index >= 15 is 0 Å². The third-order valence-electron chi connectivity index (χ3n) is 5.80. The predicted octanol–water partition coefficient (Wildman–Crippen LogP) is 4.57. The highest BCUT2D eigenvalue weighted by molar-refractivity contribution is 7.92. The monoisotopic (exact) mass is 464 g/mol. The first-order valence-electron chi connectivity index (χ1n) is 11.0. The molecule has 1 heterocycles. The van der Waals surface area contributed by atoms with Crippen molar-refractivity contribution in [3.05, 3.63) is 83.9 Å². The molecule has 172 valence electrons. The summed E-state index contributed by atoms with van der Waals surface area (Å²) in [5.74, 6) is 0.132. The summed E-state index contributed by atoms with van der Waals surface area (Å²) in [5.41, 5.74) is 3.21. The smallest absolute Gasteiger partial charge is 0.264 e. The Labute approximate surface area is 195 Å². The lowest BCUT2D eigenvalue weighted by Gasteiger charge is -2.29. The number of fused-ring (bicyclic) bond motifs is 1. The molecule has 3 aromatic carbocycles. The van der Waals surface area contributed by atoms with Gasteiger partial charge in [0.1, 0.15) is 12.3 Å². The van der Waals surface area contributed by atoms with Gasteiger partial charge in [0.05, 0.1) is 17.2 Å². The Morgan fingerprint density at radius 2 is 1.70 bits per heavy atom. The molecule has 1 atom stereocenters. The van der Waals surface area contributed by atoms with E-state index in [0.29, 0.717) is 18.0 Å². The van der Waals surface area contributed by atoms with Crippen LogP contribution in [0.1, 0.15) is 25.0 Å². The van der Waals surface area contributed by atoms with Crippen LogP contribution in [-0.2, 0) is 21.2 Å². The van der Waals surface area contributed by atoms with Crippen molar-refractivity contribution in [2.75, 3.05) is 22.4 Å². The quantitative estimate of drug-likeness (QED) is 0.514. The van der Waals surface area contributed by atoms with Crippen molar-refractivity contribution in [2.24, 2.45) is 0 Å². The van der Waals surface area contributed by atoms with E-state index in [2.05, 4.69) is 0 Å². The fourth-order valence-electron chi connectivity index (χ4n) is 4.22. The van der Waals surface area contributed by atoms with E-state index in [1.807, 2.05) is 45.0 Å². The molecule has 0 aromatic heterocycles. The molecule has 7 heteroatoms. The van der Waals surface area contributed by atoms with Gasteiger partial charge in [0, 0.05) is 11.7 Å². The lowest BCUT2D eigenvalue weighted by molar-refractivity contribution is -0.117. The summed E-state index contributed by atoms with van der Waals surface area (Å²) in [6, 6.07) is 21.3. The minimum atomic E-state index is -4.03. The maximum absolute atomic E-state index is 13.8. The molecule has 6 nitrogen and oxygen atoms in total. The summed E-state index contributed by atoms with van der Waals surface area (Å²) in [4.78, 5) is 15.4. The molecule has 33 heavy (non-hydrogen) atoms. The SMILES string of the molecule is CCOc1ccccc1N(CC(=O)N1c2ccccc2CC1C)S(=O)(=O)c1ccc(C)cc1. The summed E-state index contributed by atoms with van der Waals surface area (Å²) < 4.78 is 34.4. The number of hydrogen-bond acceptors (Lipinski definition) is 4. The lowest BCUT2D eigenvalue weighted by atomic mass is 10.1. The highest BCUT2D eigenvalue weighted by atomic mass is 32.2. The molecule has 1 aliphatic rings. The number of sulfonamides is 1. The van der Waals surface area contributed by atoms with Gasteiger partial charge in [-0.05, 0) is 63.1 Å². The number of carbonyl (C=O) groups is 1. The number of benzene rings is 3. The molecule has 3 aromatic rings. The van der Waals surface area contributed by atoms with Crippen molar-refractivity contribution < 1.29 is 17.9 Å². The van der Waals surface area contributed by atoms with Crippen LogP contribution in [0.3, 0.4) is 0 Å². The Balaban J connectivity index is 1.77. The first kappa shape index (κ1) is 22.9. The van der Waals surface area contributed by atoms with Gasteiger partial charge in [-0.3, -0.25) is 9.10 Å². The standard InChI is InChI=1S/C26H28N2O4S/c1-4-32-25-12-8-7-11-24(25)27(33(30,31)22-15-13-19(2)14-16-22)18-26(29)28-20(3)17-21-9-5-6-10-23(21)28/h5-16,20H,4,17-18H2,1-3H3. The molecular weight excluding hydrogens is 436 g/mol. The molecule has 0 spiro atoms. The van der Waals surface area contributed by atoms with Crippen molar-refractivity contribution >= 4 is 27.3 Å². The van der Waals surface area contributed by atoms with E-state index in [1.165, 1.54) is 4.31 Å². The fraction of sp³-hybridized carbons (Fsp3) is 0.269. The number of hydrogen-bond donors (Lipinski definition) is 0. The number of para-hydroxylation sites is 3. The Kier molecular flexibility index (Phi) is 6.42. The summed E-state index contributed by atoms with van der Waals surface area (Å²) >= 11 is 0. The van der Waals surface area contributed by atoms with E-state index < -0.39 is 10.0 Å². The van der Waals surface area contributed by atoms with Crippen LogP contribution in [-0.4, -0.2) is 33.5 Å². The average Bonchev–Trinajstić information content (AvgIpc) is 3.14. The van der Waals surface area contributed by atoms with E-state index in [-0.39, 0.29) is 23.4 Å². The van der Waals surface area contributed by atoms with Gasteiger partial charge in [-0.2, -0.15) is 0 Å². The molecule has 0 radical (unpaired) electrons. The maximum Gasteiger partial charge on any atom is 0.264 e. The Morgan fingerprint density at radius 3 is 2.42 bits per heavy atom. The molecule has 0 bridgehead atoms. The van der Waals surface area contributed by atoms with Crippen molar-refractivity contribution in [3.8, 4) is 5.75 Å². The van der Waals surface area contributed by atoms with Crippen LogP contribution < -0.4 is 13.9 Å². The second-order valence-electron chi connectivity index (χ2n) is 8.17. The van der Waals surface area contributed by atoms with Gasteiger partial charge in [0.25, 0.3) is 10.0 Å². The minimum Gasteiger partial charge on any atom is -0.492 e. The highest BCUT2D eigenvalue weighted by Gasteiger charge is 2.35. The molecule has 4 rings (SSSR count). The predicted molar refractivity (Wildman–Crippen MR) is 130 cm³/mol. The molecule has 1 amide bonds. The summed E-state index contributed by atoms with van der Waals surface area (Å²) in [5, 5.41) is 0. The van der Waals surface area contributed by atoms with Gasteiger partial charge in [-0.15, -0.1) is 0 Å². The van der Waals surface area contributed by atoms with Gasteiger partial charge in [-0.25, -0.2) is 8.42 Å². The zero-order chi connectivity index (χ0) is 23.6. The van der Waals surface area contributed by atoms with Crippen LogP contribution in [0.5, 0.6) is 5.75 Å². The van der Waals surface area contributed by atoms with Gasteiger partial charge in [0.2, 0.25) is 5.91 Å². The van der Waals surface area contributed by atoms with Crippen LogP contribution >= 0.6 is 0 Å². The van der Waals surface area contributed by atoms with E-state index in [1.54, 1.807) is 53.4 Å². The fourth-order valence-corrected chi connectivity index (χ4v) is 5.65. The van der Waals surface area contributed by atoms with Crippen LogP contribution in [0.4, 0.5) is 11.4 Å². The molecule has 1 unspecified atom stereocenters. The minimum absolute atomic E-state index is 0.0547. The molecular formula is C26H28N2O4S. The Bertz CT molecular complexity index is 1260. The number of aryl methyl sites for hydroxylation is 1. The van der Waals surface area contributed by atoms with Crippen molar-refractivity contribution in [3.63, 3.8) is 0 Å². The summed E-state index contributed by atoms with van der Waals surface area (Å²) in [6.45, 7) is 5.75. The van der Waals surface area contributed by atoms with Gasteiger partial charge < -0.3 is 9.64 Å². The molecule has 1 aliphatic heterocycles. The normalized spacial score (nSPS) is 15.2. The number of anilines is 2. The zero-order valence-electron chi connectivity index (χ0n) is 19.1. The molecule has 0 N–H and O–H groups in total.